The summed E-state index contributed by atoms with van der Waals surface area (Å²) in [7, 11) is 0. The van der Waals surface area contributed by atoms with Crippen LogP contribution in [0.4, 0.5) is 0 Å². The lowest BCUT2D eigenvalue weighted by Crippen LogP contribution is -2.21. The van der Waals surface area contributed by atoms with Gasteiger partial charge < -0.3 is 14.8 Å². The van der Waals surface area contributed by atoms with Crippen LogP contribution >= 0.6 is 0 Å². The number of hydrogen-bond acceptors (Lipinski definition) is 3. The highest BCUT2D eigenvalue weighted by atomic mass is 16.3. The van der Waals surface area contributed by atoms with Crippen LogP contribution in [0.25, 0.3) is 11.4 Å². The molecule has 2 heterocycles. The maximum Gasteiger partial charge on any atom is 0.140 e. The Balaban J connectivity index is 2.08. The number of phenolic OH excluding ortho intramolecular Hbond substituents is 1. The predicted octanol–water partition coefficient (Wildman–Crippen LogP) is 2.13. The third-order valence-corrected chi connectivity index (χ3v) is 3.55. The summed E-state index contributed by atoms with van der Waals surface area (Å²) >= 11 is 0. The third-order valence-electron chi connectivity index (χ3n) is 3.55. The molecule has 1 aliphatic rings. The molecule has 0 spiro atoms. The Labute approximate surface area is 106 Å². The van der Waals surface area contributed by atoms with Crippen molar-refractivity contribution < 1.29 is 10.2 Å². The van der Waals surface area contributed by atoms with E-state index in [9.17, 15) is 10.2 Å². The standard InChI is InChI=1S/C14H16N2O2/c17-9-12-3-1-2-11-8-15-14(16(11)12)10-4-6-13(18)7-5-10/h4-8,12,17-18H,1-3,9H2. The predicted molar refractivity (Wildman–Crippen MR) is 68.4 cm³/mol. The fraction of sp³-hybridized carbons (Fsp3) is 0.357. The summed E-state index contributed by atoms with van der Waals surface area (Å²) in [5, 5.41) is 18.8. The minimum absolute atomic E-state index is 0.125. The summed E-state index contributed by atoms with van der Waals surface area (Å²) in [6.45, 7) is 0.147. The number of hydrogen-bond donors (Lipinski definition) is 2. The Morgan fingerprint density at radius 2 is 2.06 bits per heavy atom. The molecule has 1 atom stereocenters. The fourth-order valence-electron chi connectivity index (χ4n) is 2.63. The zero-order valence-corrected chi connectivity index (χ0v) is 10.1. The van der Waals surface area contributed by atoms with E-state index in [1.165, 1.54) is 5.69 Å². The highest BCUT2D eigenvalue weighted by molar-refractivity contribution is 5.57. The van der Waals surface area contributed by atoms with Crippen LogP contribution in [0.15, 0.2) is 30.5 Å². The summed E-state index contributed by atoms with van der Waals surface area (Å²) < 4.78 is 2.13. The van der Waals surface area contributed by atoms with Gasteiger partial charge in [-0.15, -0.1) is 0 Å². The van der Waals surface area contributed by atoms with Crippen molar-refractivity contribution in [1.82, 2.24) is 9.55 Å². The summed E-state index contributed by atoms with van der Waals surface area (Å²) in [5.41, 5.74) is 2.16. The quantitative estimate of drug-likeness (QED) is 0.850. The van der Waals surface area contributed by atoms with Crippen LogP contribution in [0.2, 0.25) is 0 Å². The average Bonchev–Trinajstić information content (AvgIpc) is 2.83. The molecule has 2 aromatic rings. The van der Waals surface area contributed by atoms with E-state index in [0.29, 0.717) is 0 Å². The average molecular weight is 244 g/mol. The molecular formula is C14H16N2O2. The molecule has 3 rings (SSSR count). The molecule has 1 unspecified atom stereocenters. The van der Waals surface area contributed by atoms with Crippen LogP contribution in [-0.4, -0.2) is 26.4 Å². The highest BCUT2D eigenvalue weighted by Crippen LogP contribution is 2.31. The first kappa shape index (κ1) is 11.3. The topological polar surface area (TPSA) is 58.3 Å². The first-order valence-electron chi connectivity index (χ1n) is 6.26. The van der Waals surface area contributed by atoms with Crippen LogP contribution in [0.1, 0.15) is 24.6 Å². The van der Waals surface area contributed by atoms with Crippen LogP contribution in [0, 0.1) is 0 Å². The number of aryl methyl sites for hydroxylation is 1. The van der Waals surface area contributed by atoms with E-state index in [0.717, 1.165) is 30.7 Å². The first-order valence-corrected chi connectivity index (χ1v) is 6.26. The van der Waals surface area contributed by atoms with Gasteiger partial charge in [0.15, 0.2) is 0 Å². The molecule has 1 aromatic carbocycles. The second-order valence-electron chi connectivity index (χ2n) is 4.72. The van der Waals surface area contributed by atoms with Gasteiger partial charge in [0.1, 0.15) is 11.6 Å². The molecule has 4 nitrogen and oxygen atoms in total. The molecule has 4 heteroatoms. The molecule has 18 heavy (non-hydrogen) atoms. The Hall–Kier alpha value is -1.81. The Kier molecular flexibility index (Phi) is 2.80. The molecule has 0 aliphatic carbocycles. The summed E-state index contributed by atoms with van der Waals surface area (Å²) in [6.07, 6.45) is 5.00. The number of aliphatic hydroxyl groups is 1. The monoisotopic (exact) mass is 244 g/mol. The fourth-order valence-corrected chi connectivity index (χ4v) is 2.63. The minimum Gasteiger partial charge on any atom is -0.508 e. The van der Waals surface area contributed by atoms with E-state index in [1.54, 1.807) is 12.1 Å². The van der Waals surface area contributed by atoms with E-state index in [1.807, 2.05) is 18.3 Å². The second-order valence-corrected chi connectivity index (χ2v) is 4.72. The Morgan fingerprint density at radius 3 is 2.78 bits per heavy atom. The number of aromatic hydroxyl groups is 1. The van der Waals surface area contributed by atoms with Gasteiger partial charge in [-0.3, -0.25) is 0 Å². The zero-order chi connectivity index (χ0) is 12.5. The van der Waals surface area contributed by atoms with E-state index >= 15 is 0 Å². The smallest absolute Gasteiger partial charge is 0.140 e. The van der Waals surface area contributed by atoms with Crippen LogP contribution < -0.4 is 0 Å². The molecule has 0 radical (unpaired) electrons. The van der Waals surface area contributed by atoms with Crippen molar-refractivity contribution in [3.63, 3.8) is 0 Å². The van der Waals surface area contributed by atoms with E-state index < -0.39 is 0 Å². The molecule has 1 aromatic heterocycles. The largest absolute Gasteiger partial charge is 0.508 e. The van der Waals surface area contributed by atoms with Gasteiger partial charge >= 0.3 is 0 Å². The van der Waals surface area contributed by atoms with Crippen molar-refractivity contribution in [3.8, 4) is 17.1 Å². The summed E-state index contributed by atoms with van der Waals surface area (Å²) in [6, 6.07) is 7.16. The Morgan fingerprint density at radius 1 is 1.28 bits per heavy atom. The molecule has 0 bridgehead atoms. The van der Waals surface area contributed by atoms with E-state index in [2.05, 4.69) is 9.55 Å². The van der Waals surface area contributed by atoms with Crippen LogP contribution in [0.5, 0.6) is 5.75 Å². The van der Waals surface area contributed by atoms with Crippen LogP contribution in [-0.2, 0) is 6.42 Å². The second kappa shape index (κ2) is 4.46. The molecule has 0 fully saturated rings. The number of aliphatic hydroxyl groups excluding tert-OH is 1. The molecular weight excluding hydrogens is 228 g/mol. The molecule has 94 valence electrons. The summed E-state index contributed by atoms with van der Waals surface area (Å²) in [4.78, 5) is 4.47. The van der Waals surface area contributed by atoms with Crippen molar-refractivity contribution in [2.24, 2.45) is 0 Å². The van der Waals surface area contributed by atoms with Crippen LogP contribution in [0.3, 0.4) is 0 Å². The van der Waals surface area contributed by atoms with Crippen molar-refractivity contribution in [3.05, 3.63) is 36.2 Å². The molecule has 0 amide bonds. The van der Waals surface area contributed by atoms with Crippen molar-refractivity contribution >= 4 is 0 Å². The maximum atomic E-state index is 9.48. The van der Waals surface area contributed by atoms with Gasteiger partial charge in [-0.2, -0.15) is 0 Å². The van der Waals surface area contributed by atoms with E-state index in [-0.39, 0.29) is 18.4 Å². The van der Waals surface area contributed by atoms with Crippen molar-refractivity contribution in [1.29, 1.82) is 0 Å². The number of phenols is 1. The number of aromatic nitrogens is 2. The van der Waals surface area contributed by atoms with E-state index in [4.69, 9.17) is 0 Å². The Bertz CT molecular complexity index is 545. The van der Waals surface area contributed by atoms with Gasteiger partial charge in [-0.05, 0) is 43.5 Å². The van der Waals surface area contributed by atoms with Gasteiger partial charge in [0.05, 0.1) is 12.6 Å². The minimum atomic E-state index is 0.125. The highest BCUT2D eigenvalue weighted by Gasteiger charge is 2.23. The zero-order valence-electron chi connectivity index (χ0n) is 10.1. The van der Waals surface area contributed by atoms with Gasteiger partial charge in [0.2, 0.25) is 0 Å². The lowest BCUT2D eigenvalue weighted by molar-refractivity contribution is 0.208. The number of imidazole rings is 1. The lowest BCUT2D eigenvalue weighted by atomic mass is 10.0. The van der Waals surface area contributed by atoms with Gasteiger partial charge in [-0.1, -0.05) is 0 Å². The number of benzene rings is 1. The number of fused-ring (bicyclic) bond motifs is 1. The normalized spacial score (nSPS) is 18.6. The van der Waals surface area contributed by atoms with Gasteiger partial charge in [0.25, 0.3) is 0 Å². The maximum absolute atomic E-state index is 9.48. The number of nitrogens with zero attached hydrogens (tertiary/aromatic N) is 2. The molecule has 1 aliphatic heterocycles. The van der Waals surface area contributed by atoms with Crippen molar-refractivity contribution in [2.45, 2.75) is 25.3 Å². The molecule has 2 N–H and O–H groups in total. The van der Waals surface area contributed by atoms with Gasteiger partial charge in [-0.25, -0.2) is 4.98 Å². The molecule has 0 saturated heterocycles. The van der Waals surface area contributed by atoms with Gasteiger partial charge in [0, 0.05) is 17.5 Å². The number of rotatable bonds is 2. The first-order chi connectivity index (χ1) is 8.79. The lowest BCUT2D eigenvalue weighted by Gasteiger charge is -2.25. The third kappa shape index (κ3) is 1.78. The van der Waals surface area contributed by atoms with Crippen molar-refractivity contribution in [2.75, 3.05) is 6.61 Å². The molecule has 0 saturated carbocycles. The SMILES string of the molecule is OCC1CCCc2cnc(-c3ccc(O)cc3)n21. The summed E-state index contributed by atoms with van der Waals surface area (Å²) in [5.74, 6) is 1.13.